The minimum absolute atomic E-state index is 0.0143. The second kappa shape index (κ2) is 7.72. The van der Waals surface area contributed by atoms with E-state index in [1.807, 2.05) is 39.8 Å². The summed E-state index contributed by atoms with van der Waals surface area (Å²) in [5, 5.41) is 10.1. The number of hydrogen-bond acceptors (Lipinski definition) is 4. The maximum atomic E-state index is 12.4. The molecule has 0 aliphatic carbocycles. The fraction of sp³-hybridized carbons (Fsp3) is 0.500. The van der Waals surface area contributed by atoms with E-state index in [1.54, 1.807) is 17.0 Å². The third-order valence-electron chi connectivity index (χ3n) is 4.18. The molecule has 1 saturated heterocycles. The Morgan fingerprint density at radius 3 is 2.24 bits per heavy atom. The molecule has 0 atom stereocenters. The molecule has 1 amide bonds. The van der Waals surface area contributed by atoms with Gasteiger partial charge in [-0.15, -0.1) is 0 Å². The Balaban J connectivity index is 1.91. The van der Waals surface area contributed by atoms with Gasteiger partial charge < -0.3 is 14.7 Å². The van der Waals surface area contributed by atoms with E-state index in [-0.39, 0.29) is 23.6 Å². The van der Waals surface area contributed by atoms with Crippen LogP contribution in [0, 0.1) is 12.8 Å². The van der Waals surface area contributed by atoms with E-state index in [0.29, 0.717) is 31.5 Å². The molecular formula is C20H27NO4. The first-order valence-corrected chi connectivity index (χ1v) is 8.65. The zero-order chi connectivity index (χ0) is 18.6. The molecule has 0 bridgehead atoms. The molecule has 5 heteroatoms. The van der Waals surface area contributed by atoms with Crippen LogP contribution in [0.2, 0.25) is 0 Å². The molecule has 1 N–H and O–H groups in total. The number of ketones is 1. The fourth-order valence-electron chi connectivity index (χ4n) is 2.73. The third-order valence-corrected chi connectivity index (χ3v) is 4.18. The fourth-order valence-corrected chi connectivity index (χ4v) is 2.73. The summed E-state index contributed by atoms with van der Waals surface area (Å²) in [4.78, 5) is 26.1. The minimum Gasteiger partial charge on any atom is -0.507 e. The van der Waals surface area contributed by atoms with Gasteiger partial charge in [-0.1, -0.05) is 29.8 Å². The number of carbonyl (C=O) groups excluding carboxylic acids is 2. The summed E-state index contributed by atoms with van der Waals surface area (Å²) in [6, 6.07) is 7.37. The second-order valence-corrected chi connectivity index (χ2v) is 7.54. The number of rotatable bonds is 3. The molecule has 1 heterocycles. The Morgan fingerprint density at radius 1 is 1.16 bits per heavy atom. The van der Waals surface area contributed by atoms with Gasteiger partial charge in [-0.2, -0.15) is 0 Å². The van der Waals surface area contributed by atoms with Gasteiger partial charge in [-0.05, 0) is 40.5 Å². The molecule has 0 unspecified atom stereocenters. The third kappa shape index (κ3) is 5.62. The lowest BCUT2D eigenvalue weighted by molar-refractivity contribution is -0.119. The molecule has 0 radical (unpaired) electrons. The average Bonchev–Trinajstić information content (AvgIpc) is 2.54. The molecule has 0 aromatic heterocycles. The van der Waals surface area contributed by atoms with Gasteiger partial charge in [-0.3, -0.25) is 4.79 Å². The van der Waals surface area contributed by atoms with Crippen molar-refractivity contribution in [3.05, 3.63) is 41.5 Å². The highest BCUT2D eigenvalue weighted by atomic mass is 16.6. The Morgan fingerprint density at radius 2 is 1.72 bits per heavy atom. The molecule has 1 fully saturated rings. The van der Waals surface area contributed by atoms with Gasteiger partial charge in [0.25, 0.3) is 0 Å². The van der Waals surface area contributed by atoms with E-state index in [1.165, 1.54) is 6.08 Å². The Kier molecular flexibility index (Phi) is 5.88. The summed E-state index contributed by atoms with van der Waals surface area (Å²) in [5.41, 5.74) is 1.20. The van der Waals surface area contributed by atoms with Gasteiger partial charge in [0.2, 0.25) is 0 Å². The summed E-state index contributed by atoms with van der Waals surface area (Å²) in [7, 11) is 0. The Labute approximate surface area is 149 Å². The van der Waals surface area contributed by atoms with Crippen LogP contribution in [0.3, 0.4) is 0 Å². The SMILES string of the molecule is Cc1ccc(/C(O)=C/C(=O)C2CCN(C(=O)OC(C)(C)C)CC2)cc1. The number of likely N-dealkylation sites (tertiary alicyclic amines) is 1. The molecule has 136 valence electrons. The van der Waals surface area contributed by atoms with Gasteiger partial charge in [-0.25, -0.2) is 4.79 Å². The van der Waals surface area contributed by atoms with Crippen LogP contribution in [0.15, 0.2) is 30.3 Å². The van der Waals surface area contributed by atoms with Crippen LogP contribution >= 0.6 is 0 Å². The van der Waals surface area contributed by atoms with Crippen molar-refractivity contribution in [3.63, 3.8) is 0 Å². The van der Waals surface area contributed by atoms with E-state index in [9.17, 15) is 14.7 Å². The first-order chi connectivity index (χ1) is 11.7. The molecule has 25 heavy (non-hydrogen) atoms. The number of amides is 1. The Bertz CT molecular complexity index is 647. The first kappa shape index (κ1) is 19.0. The van der Waals surface area contributed by atoms with Crippen molar-refractivity contribution in [2.24, 2.45) is 5.92 Å². The van der Waals surface area contributed by atoms with E-state index in [2.05, 4.69) is 0 Å². The molecule has 0 spiro atoms. The van der Waals surface area contributed by atoms with Gasteiger partial charge in [0.05, 0.1) is 0 Å². The van der Waals surface area contributed by atoms with Crippen LogP contribution in [0.5, 0.6) is 0 Å². The van der Waals surface area contributed by atoms with Crippen LogP contribution in [-0.2, 0) is 9.53 Å². The van der Waals surface area contributed by atoms with E-state index in [4.69, 9.17) is 4.74 Å². The zero-order valence-electron chi connectivity index (χ0n) is 15.4. The number of allylic oxidation sites excluding steroid dienone is 1. The normalized spacial score (nSPS) is 16.6. The van der Waals surface area contributed by atoms with Crippen molar-refractivity contribution in [1.82, 2.24) is 4.90 Å². The standard InChI is InChI=1S/C20H27NO4/c1-14-5-7-15(8-6-14)17(22)13-18(23)16-9-11-21(12-10-16)19(24)25-20(2,3)4/h5-8,13,16,22H,9-12H2,1-4H3/b17-13-. The number of benzene rings is 1. The second-order valence-electron chi connectivity index (χ2n) is 7.54. The lowest BCUT2D eigenvalue weighted by Gasteiger charge is -2.32. The smallest absolute Gasteiger partial charge is 0.410 e. The van der Waals surface area contributed by atoms with Crippen molar-refractivity contribution in [2.45, 2.75) is 46.1 Å². The van der Waals surface area contributed by atoms with E-state index >= 15 is 0 Å². The number of hydrogen-bond donors (Lipinski definition) is 1. The predicted molar refractivity (Wildman–Crippen MR) is 97.3 cm³/mol. The summed E-state index contributed by atoms with van der Waals surface area (Å²) >= 11 is 0. The van der Waals surface area contributed by atoms with Crippen molar-refractivity contribution >= 4 is 17.6 Å². The largest absolute Gasteiger partial charge is 0.507 e. The topological polar surface area (TPSA) is 66.8 Å². The molecular weight excluding hydrogens is 318 g/mol. The minimum atomic E-state index is -0.522. The molecule has 1 aliphatic heterocycles. The van der Waals surface area contributed by atoms with Gasteiger partial charge in [0.15, 0.2) is 5.78 Å². The van der Waals surface area contributed by atoms with Crippen molar-refractivity contribution in [2.75, 3.05) is 13.1 Å². The van der Waals surface area contributed by atoms with Crippen LogP contribution < -0.4 is 0 Å². The number of piperidine rings is 1. The maximum Gasteiger partial charge on any atom is 0.410 e. The summed E-state index contributed by atoms with van der Waals surface area (Å²) in [5.74, 6) is -0.284. The molecule has 1 aromatic rings. The van der Waals surface area contributed by atoms with Gasteiger partial charge in [0.1, 0.15) is 11.4 Å². The van der Waals surface area contributed by atoms with E-state index in [0.717, 1.165) is 5.56 Å². The summed E-state index contributed by atoms with van der Waals surface area (Å²) < 4.78 is 5.36. The number of carbonyl (C=O) groups is 2. The van der Waals surface area contributed by atoms with Gasteiger partial charge in [0, 0.05) is 30.6 Å². The predicted octanol–water partition coefficient (Wildman–Crippen LogP) is 4.11. The van der Waals surface area contributed by atoms with Crippen molar-refractivity contribution in [3.8, 4) is 0 Å². The number of nitrogens with zero attached hydrogens (tertiary/aromatic N) is 1. The summed E-state index contributed by atoms with van der Waals surface area (Å²) in [6.45, 7) is 8.45. The van der Waals surface area contributed by atoms with Gasteiger partial charge >= 0.3 is 6.09 Å². The van der Waals surface area contributed by atoms with Crippen LogP contribution in [-0.4, -0.2) is 40.6 Å². The molecule has 1 aliphatic rings. The van der Waals surface area contributed by atoms with Crippen LogP contribution in [0.1, 0.15) is 44.7 Å². The van der Waals surface area contributed by atoms with E-state index < -0.39 is 5.60 Å². The summed E-state index contributed by atoms with van der Waals surface area (Å²) in [6.07, 6.45) is 2.13. The number of ether oxygens (including phenoxy) is 1. The average molecular weight is 345 g/mol. The molecule has 0 saturated carbocycles. The first-order valence-electron chi connectivity index (χ1n) is 8.65. The zero-order valence-corrected chi connectivity index (χ0v) is 15.4. The van der Waals surface area contributed by atoms with Crippen LogP contribution in [0.25, 0.3) is 5.76 Å². The Hall–Kier alpha value is -2.30. The highest BCUT2D eigenvalue weighted by Gasteiger charge is 2.29. The van der Waals surface area contributed by atoms with Crippen molar-refractivity contribution in [1.29, 1.82) is 0 Å². The monoisotopic (exact) mass is 345 g/mol. The lowest BCUT2D eigenvalue weighted by atomic mass is 9.92. The molecule has 2 rings (SSSR count). The van der Waals surface area contributed by atoms with Crippen LogP contribution in [0.4, 0.5) is 4.79 Å². The molecule has 5 nitrogen and oxygen atoms in total. The number of aliphatic hydroxyl groups excluding tert-OH is 1. The molecule has 1 aromatic carbocycles. The maximum absolute atomic E-state index is 12.4. The lowest BCUT2D eigenvalue weighted by Crippen LogP contribution is -2.42. The number of aryl methyl sites for hydroxylation is 1. The van der Waals surface area contributed by atoms with Crippen molar-refractivity contribution < 1.29 is 19.4 Å². The quantitative estimate of drug-likeness (QED) is 0.661. The highest BCUT2D eigenvalue weighted by Crippen LogP contribution is 2.22. The highest BCUT2D eigenvalue weighted by molar-refractivity contribution is 5.97. The number of aliphatic hydroxyl groups is 1.